The fraction of sp³-hybridized carbons (Fsp3) is 0.650. The summed E-state index contributed by atoms with van der Waals surface area (Å²) in [5.74, 6) is 0.929. The minimum atomic E-state index is -3.53. The van der Waals surface area contributed by atoms with Crippen LogP contribution in [0.1, 0.15) is 44.7 Å². The quantitative estimate of drug-likeness (QED) is 0.779. The Morgan fingerprint density at radius 1 is 1.34 bits per heavy atom. The van der Waals surface area contributed by atoms with Gasteiger partial charge >= 0.3 is 0 Å². The van der Waals surface area contributed by atoms with Crippen LogP contribution in [0.5, 0.6) is 11.5 Å². The molecular weight excluding hydrogens is 394 g/mol. The summed E-state index contributed by atoms with van der Waals surface area (Å²) < 4.78 is 38.9. The Balaban J connectivity index is 1.78. The third-order valence-electron chi connectivity index (χ3n) is 5.53. The van der Waals surface area contributed by atoms with Crippen LogP contribution in [0.15, 0.2) is 18.2 Å². The first-order valence-electron chi connectivity index (χ1n) is 9.88. The van der Waals surface area contributed by atoms with Gasteiger partial charge in [-0.2, -0.15) is 17.0 Å². The number of amides is 1. The number of nitrogens with one attached hydrogen (secondary N) is 1. The molecule has 9 heteroatoms. The number of ether oxygens (including phenoxy) is 2. The van der Waals surface area contributed by atoms with E-state index in [0.717, 1.165) is 11.3 Å². The van der Waals surface area contributed by atoms with Gasteiger partial charge in [-0.3, -0.25) is 4.79 Å². The second kappa shape index (κ2) is 8.12. The summed E-state index contributed by atoms with van der Waals surface area (Å²) >= 11 is 0. The van der Waals surface area contributed by atoms with Crippen LogP contribution >= 0.6 is 0 Å². The first-order chi connectivity index (χ1) is 13.5. The smallest absolute Gasteiger partial charge is 0.281 e. The van der Waals surface area contributed by atoms with Crippen LogP contribution in [0, 0.1) is 5.92 Å². The Morgan fingerprint density at radius 2 is 2.07 bits per heavy atom. The number of methoxy groups -OCH3 is 1. The van der Waals surface area contributed by atoms with E-state index in [9.17, 15) is 13.2 Å². The van der Waals surface area contributed by atoms with E-state index >= 15 is 0 Å². The van der Waals surface area contributed by atoms with Crippen LogP contribution in [0.4, 0.5) is 0 Å². The molecule has 1 aromatic rings. The van der Waals surface area contributed by atoms with Crippen LogP contribution in [0.2, 0.25) is 0 Å². The van der Waals surface area contributed by atoms with Crippen molar-refractivity contribution in [2.45, 2.75) is 44.8 Å². The Morgan fingerprint density at radius 3 is 2.72 bits per heavy atom. The molecule has 1 aromatic carbocycles. The molecule has 2 atom stereocenters. The molecule has 162 valence electrons. The van der Waals surface area contributed by atoms with E-state index in [1.54, 1.807) is 7.11 Å². The predicted octanol–water partition coefficient (Wildman–Crippen LogP) is 1.93. The number of benzene rings is 1. The monoisotopic (exact) mass is 425 g/mol. The van der Waals surface area contributed by atoms with E-state index in [2.05, 4.69) is 5.32 Å². The van der Waals surface area contributed by atoms with Gasteiger partial charge in [0.05, 0.1) is 19.1 Å². The number of hydrogen-bond acceptors (Lipinski definition) is 5. The molecule has 29 heavy (non-hydrogen) atoms. The van der Waals surface area contributed by atoms with Crippen molar-refractivity contribution in [2.24, 2.45) is 5.92 Å². The maximum Gasteiger partial charge on any atom is 0.281 e. The topological polar surface area (TPSA) is 88.2 Å². The van der Waals surface area contributed by atoms with Gasteiger partial charge in [0.2, 0.25) is 5.91 Å². The highest BCUT2D eigenvalue weighted by atomic mass is 32.2. The molecule has 1 fully saturated rings. The number of fused-ring (bicyclic) bond motifs is 1. The molecule has 0 aromatic heterocycles. The molecule has 1 saturated heterocycles. The van der Waals surface area contributed by atoms with Gasteiger partial charge < -0.3 is 14.8 Å². The van der Waals surface area contributed by atoms with Crippen molar-refractivity contribution >= 4 is 16.1 Å². The zero-order chi connectivity index (χ0) is 21.4. The van der Waals surface area contributed by atoms with Gasteiger partial charge in [-0.25, -0.2) is 0 Å². The van der Waals surface area contributed by atoms with E-state index in [-0.39, 0.29) is 24.4 Å². The lowest BCUT2D eigenvalue weighted by molar-refractivity contribution is -0.127. The number of hydrogen-bond donors (Lipinski definition) is 1. The zero-order valence-electron chi connectivity index (χ0n) is 17.8. The Bertz CT molecular complexity index is 869. The minimum absolute atomic E-state index is 0.125. The number of carbonyl (C=O) groups is 1. The first-order valence-corrected chi connectivity index (χ1v) is 11.3. The van der Waals surface area contributed by atoms with Crippen LogP contribution < -0.4 is 14.8 Å². The molecule has 1 N–H and O–H groups in total. The fourth-order valence-corrected chi connectivity index (χ4v) is 5.16. The third kappa shape index (κ3) is 4.67. The molecule has 2 heterocycles. The van der Waals surface area contributed by atoms with Crippen molar-refractivity contribution in [1.82, 2.24) is 13.9 Å². The number of carbonyl (C=O) groups excluding carboxylic acids is 1. The van der Waals surface area contributed by atoms with Gasteiger partial charge in [-0.15, -0.1) is 0 Å². The van der Waals surface area contributed by atoms with Gasteiger partial charge in [-0.05, 0) is 44.9 Å². The van der Waals surface area contributed by atoms with Crippen LogP contribution in [-0.2, 0) is 15.0 Å². The molecule has 2 aliphatic heterocycles. The second-order valence-corrected chi connectivity index (χ2v) is 10.7. The fourth-order valence-electron chi connectivity index (χ4n) is 3.97. The van der Waals surface area contributed by atoms with E-state index in [1.165, 1.54) is 22.7 Å². The molecule has 0 bridgehead atoms. The summed E-state index contributed by atoms with van der Waals surface area (Å²) in [4.78, 5) is 13.1. The molecule has 3 rings (SSSR count). The lowest BCUT2D eigenvalue weighted by atomic mass is 9.88. The highest BCUT2D eigenvalue weighted by molar-refractivity contribution is 7.86. The van der Waals surface area contributed by atoms with E-state index < -0.39 is 15.8 Å². The van der Waals surface area contributed by atoms with Gasteiger partial charge in [0.15, 0.2) is 0 Å². The number of rotatable bonds is 5. The van der Waals surface area contributed by atoms with Crippen LogP contribution in [-0.4, -0.2) is 62.8 Å². The molecule has 0 spiro atoms. The summed E-state index contributed by atoms with van der Waals surface area (Å²) in [5, 5.41) is 3.14. The normalized spacial score (nSPS) is 24.5. The summed E-state index contributed by atoms with van der Waals surface area (Å²) in [6.07, 6.45) is 1.95. The average Bonchev–Trinajstić information content (AvgIpc) is 2.66. The predicted molar refractivity (Wildman–Crippen MR) is 110 cm³/mol. The standard InChI is InChI=1S/C20H31N3O5S/c1-20(2)12-17(16-11-15(27-5)8-9-18(16)28-20)21-19(24)14-7-6-10-23(13-14)29(25,26)22(3)4/h8-9,11,14,17H,6-7,10,12-13H2,1-5H3,(H,21,24)/t14-,17+/m1/s1. The van der Waals surface area contributed by atoms with E-state index in [4.69, 9.17) is 9.47 Å². The second-order valence-electron chi connectivity index (χ2n) is 8.52. The maximum absolute atomic E-state index is 13.1. The number of nitrogens with zero attached hydrogens (tertiary/aromatic N) is 2. The van der Waals surface area contributed by atoms with Gasteiger partial charge in [-0.1, -0.05) is 0 Å². The third-order valence-corrected chi connectivity index (χ3v) is 7.44. The van der Waals surface area contributed by atoms with Gasteiger partial charge in [0.1, 0.15) is 17.1 Å². The molecule has 0 radical (unpaired) electrons. The van der Waals surface area contributed by atoms with Crippen LogP contribution in [0.3, 0.4) is 0 Å². The van der Waals surface area contributed by atoms with Crippen molar-refractivity contribution in [3.8, 4) is 11.5 Å². The van der Waals surface area contributed by atoms with Gasteiger partial charge in [0.25, 0.3) is 10.2 Å². The van der Waals surface area contributed by atoms with Crippen molar-refractivity contribution < 1.29 is 22.7 Å². The Kier molecular flexibility index (Phi) is 6.12. The molecule has 0 saturated carbocycles. The van der Waals surface area contributed by atoms with Crippen molar-refractivity contribution in [2.75, 3.05) is 34.3 Å². The molecule has 0 aliphatic carbocycles. The lowest BCUT2D eigenvalue weighted by Gasteiger charge is -2.39. The molecule has 1 amide bonds. The van der Waals surface area contributed by atoms with E-state index in [1.807, 2.05) is 32.0 Å². The highest BCUT2D eigenvalue weighted by Gasteiger charge is 2.38. The average molecular weight is 426 g/mol. The van der Waals surface area contributed by atoms with E-state index in [0.29, 0.717) is 31.6 Å². The maximum atomic E-state index is 13.1. The Hall–Kier alpha value is -1.84. The summed E-state index contributed by atoms with van der Waals surface area (Å²) in [7, 11) is 1.09. The molecule has 0 unspecified atom stereocenters. The van der Waals surface area contributed by atoms with Crippen molar-refractivity contribution in [3.05, 3.63) is 23.8 Å². The molecule has 2 aliphatic rings. The summed E-state index contributed by atoms with van der Waals surface area (Å²) in [5.41, 5.74) is 0.456. The van der Waals surface area contributed by atoms with Crippen molar-refractivity contribution in [3.63, 3.8) is 0 Å². The zero-order valence-corrected chi connectivity index (χ0v) is 18.6. The molecular formula is C20H31N3O5S. The summed E-state index contributed by atoms with van der Waals surface area (Å²) in [6, 6.07) is 5.36. The lowest BCUT2D eigenvalue weighted by Crippen LogP contribution is -2.50. The van der Waals surface area contributed by atoms with Gasteiger partial charge in [0, 0.05) is 39.2 Å². The van der Waals surface area contributed by atoms with Crippen molar-refractivity contribution in [1.29, 1.82) is 0 Å². The largest absolute Gasteiger partial charge is 0.497 e. The highest BCUT2D eigenvalue weighted by Crippen LogP contribution is 2.41. The first kappa shape index (κ1) is 21.9. The minimum Gasteiger partial charge on any atom is -0.497 e. The van der Waals surface area contributed by atoms with Crippen LogP contribution in [0.25, 0.3) is 0 Å². The SMILES string of the molecule is COc1ccc2c(c1)[C@@H](NC(=O)[C@@H]1CCCN(S(=O)(=O)N(C)C)C1)CC(C)(C)O2. The molecule has 8 nitrogen and oxygen atoms in total. The Labute approximate surface area is 173 Å². The number of piperidine rings is 1. The summed E-state index contributed by atoms with van der Waals surface area (Å²) in [6.45, 7) is 4.62.